The second kappa shape index (κ2) is 3.84. The maximum atomic E-state index is 13.4. The molecule has 5 heteroatoms. The van der Waals surface area contributed by atoms with Gasteiger partial charge in [-0.15, -0.1) is 0 Å². The van der Waals surface area contributed by atoms with Crippen molar-refractivity contribution >= 4 is 5.78 Å². The van der Waals surface area contributed by atoms with Gasteiger partial charge in [-0.05, 0) is 12.1 Å². The Morgan fingerprint density at radius 1 is 1.38 bits per heavy atom. The van der Waals surface area contributed by atoms with Crippen LogP contribution in [0.2, 0.25) is 0 Å². The molecular formula is C11H8F2N2O. The van der Waals surface area contributed by atoms with Gasteiger partial charge in [-0.2, -0.15) is 0 Å². The SMILES string of the molecule is Cn1cncc1C(=O)c1cccc(F)c1F. The maximum absolute atomic E-state index is 13.4. The second-order valence-electron chi connectivity index (χ2n) is 3.32. The zero-order valence-electron chi connectivity index (χ0n) is 8.45. The molecule has 0 saturated heterocycles. The Morgan fingerprint density at radius 3 is 2.75 bits per heavy atom. The molecule has 0 N–H and O–H groups in total. The summed E-state index contributed by atoms with van der Waals surface area (Å²) in [5.41, 5.74) is -0.0758. The molecule has 2 rings (SSSR count). The van der Waals surface area contributed by atoms with Gasteiger partial charge < -0.3 is 4.57 Å². The van der Waals surface area contributed by atoms with Crippen molar-refractivity contribution in [3.63, 3.8) is 0 Å². The molecule has 16 heavy (non-hydrogen) atoms. The van der Waals surface area contributed by atoms with Crippen molar-refractivity contribution in [3.8, 4) is 0 Å². The van der Waals surface area contributed by atoms with E-state index in [1.165, 1.54) is 29.2 Å². The van der Waals surface area contributed by atoms with E-state index < -0.39 is 17.4 Å². The highest BCUT2D eigenvalue weighted by atomic mass is 19.2. The number of rotatable bonds is 2. The molecule has 0 radical (unpaired) electrons. The summed E-state index contributed by atoms with van der Waals surface area (Å²) in [4.78, 5) is 15.6. The number of imidazole rings is 1. The Labute approximate surface area is 90.3 Å². The lowest BCUT2D eigenvalue weighted by Crippen LogP contribution is -2.09. The van der Waals surface area contributed by atoms with Crippen LogP contribution in [0.3, 0.4) is 0 Å². The minimum Gasteiger partial charge on any atom is -0.331 e. The van der Waals surface area contributed by atoms with Crippen LogP contribution in [0.4, 0.5) is 8.78 Å². The zero-order chi connectivity index (χ0) is 11.7. The van der Waals surface area contributed by atoms with Crippen LogP contribution in [0.1, 0.15) is 16.1 Å². The van der Waals surface area contributed by atoms with E-state index in [4.69, 9.17) is 0 Å². The molecule has 0 aliphatic heterocycles. The number of hydrogen-bond donors (Lipinski definition) is 0. The number of halogens is 2. The van der Waals surface area contributed by atoms with Gasteiger partial charge in [-0.1, -0.05) is 6.07 Å². The van der Waals surface area contributed by atoms with Crippen molar-refractivity contribution in [2.45, 2.75) is 0 Å². The molecule has 0 spiro atoms. The quantitative estimate of drug-likeness (QED) is 0.728. The Kier molecular flexibility index (Phi) is 2.52. The largest absolute Gasteiger partial charge is 0.331 e. The molecule has 1 aromatic carbocycles. The fraction of sp³-hybridized carbons (Fsp3) is 0.0909. The minimum absolute atomic E-state index is 0.213. The second-order valence-corrected chi connectivity index (χ2v) is 3.32. The summed E-state index contributed by atoms with van der Waals surface area (Å²) in [6.07, 6.45) is 2.73. The van der Waals surface area contributed by atoms with Crippen molar-refractivity contribution in [2.24, 2.45) is 7.05 Å². The van der Waals surface area contributed by atoms with Crippen molar-refractivity contribution < 1.29 is 13.6 Å². The molecule has 0 amide bonds. The number of nitrogens with zero attached hydrogens (tertiary/aromatic N) is 2. The van der Waals surface area contributed by atoms with Crippen LogP contribution in [0.25, 0.3) is 0 Å². The van der Waals surface area contributed by atoms with E-state index in [9.17, 15) is 13.6 Å². The predicted molar refractivity (Wildman–Crippen MR) is 53.0 cm³/mol. The molecule has 1 aromatic heterocycles. The van der Waals surface area contributed by atoms with Gasteiger partial charge in [0.2, 0.25) is 5.78 Å². The van der Waals surface area contributed by atoms with Crippen LogP contribution in [-0.4, -0.2) is 15.3 Å². The first-order chi connectivity index (χ1) is 7.61. The standard InChI is InChI=1S/C11H8F2N2O/c1-15-6-14-5-9(15)11(16)7-3-2-4-8(12)10(7)13/h2-6H,1H3. The summed E-state index contributed by atoms with van der Waals surface area (Å²) in [6, 6.07) is 3.51. The molecule has 0 aliphatic carbocycles. The highest BCUT2D eigenvalue weighted by Crippen LogP contribution is 2.15. The van der Waals surface area contributed by atoms with E-state index in [1.807, 2.05) is 0 Å². The van der Waals surface area contributed by atoms with Gasteiger partial charge in [0, 0.05) is 7.05 Å². The highest BCUT2D eigenvalue weighted by Gasteiger charge is 2.18. The molecule has 0 unspecified atom stereocenters. The van der Waals surface area contributed by atoms with Crippen LogP contribution in [0.15, 0.2) is 30.7 Å². The molecule has 0 bridgehead atoms. The number of carbonyl (C=O) groups excluding carboxylic acids is 1. The summed E-state index contributed by atoms with van der Waals surface area (Å²) >= 11 is 0. The number of carbonyl (C=O) groups is 1. The van der Waals surface area contributed by atoms with Crippen molar-refractivity contribution in [1.29, 1.82) is 0 Å². The van der Waals surface area contributed by atoms with Crippen molar-refractivity contribution in [1.82, 2.24) is 9.55 Å². The number of aromatic nitrogens is 2. The van der Waals surface area contributed by atoms with E-state index in [0.717, 1.165) is 6.07 Å². The first-order valence-electron chi connectivity index (χ1n) is 4.56. The lowest BCUT2D eigenvalue weighted by atomic mass is 10.1. The van der Waals surface area contributed by atoms with Crippen LogP contribution >= 0.6 is 0 Å². The molecular weight excluding hydrogens is 214 g/mol. The third kappa shape index (κ3) is 1.60. The third-order valence-electron chi connectivity index (χ3n) is 2.25. The predicted octanol–water partition coefficient (Wildman–Crippen LogP) is 1.93. The topological polar surface area (TPSA) is 34.9 Å². The molecule has 2 aromatic rings. The number of hydrogen-bond acceptors (Lipinski definition) is 2. The van der Waals surface area contributed by atoms with E-state index in [-0.39, 0.29) is 11.3 Å². The van der Waals surface area contributed by atoms with Gasteiger partial charge in [0.25, 0.3) is 0 Å². The van der Waals surface area contributed by atoms with Gasteiger partial charge >= 0.3 is 0 Å². The molecule has 1 heterocycles. The summed E-state index contributed by atoms with van der Waals surface area (Å²) in [5.74, 6) is -2.75. The zero-order valence-corrected chi connectivity index (χ0v) is 8.45. The van der Waals surface area contributed by atoms with E-state index in [2.05, 4.69) is 4.98 Å². The van der Waals surface area contributed by atoms with E-state index in [0.29, 0.717) is 0 Å². The molecule has 0 aliphatic rings. The van der Waals surface area contributed by atoms with Crippen molar-refractivity contribution in [3.05, 3.63) is 53.6 Å². The van der Waals surface area contributed by atoms with Crippen LogP contribution in [0.5, 0.6) is 0 Å². The molecule has 0 saturated carbocycles. The molecule has 82 valence electrons. The van der Waals surface area contributed by atoms with Crippen molar-refractivity contribution in [2.75, 3.05) is 0 Å². The number of aryl methyl sites for hydroxylation is 1. The number of ketones is 1. The van der Waals surface area contributed by atoms with Gasteiger partial charge in [0.1, 0.15) is 5.69 Å². The summed E-state index contributed by atoms with van der Waals surface area (Å²) in [6.45, 7) is 0. The Hall–Kier alpha value is -2.04. The van der Waals surface area contributed by atoms with Gasteiger partial charge in [-0.25, -0.2) is 13.8 Å². The lowest BCUT2D eigenvalue weighted by molar-refractivity contribution is 0.102. The summed E-state index contributed by atoms with van der Waals surface area (Å²) in [5, 5.41) is 0. The maximum Gasteiger partial charge on any atom is 0.214 e. The van der Waals surface area contributed by atoms with E-state index >= 15 is 0 Å². The Bertz CT molecular complexity index is 549. The Balaban J connectivity index is 2.50. The lowest BCUT2D eigenvalue weighted by Gasteiger charge is -2.03. The average molecular weight is 222 g/mol. The smallest absolute Gasteiger partial charge is 0.214 e. The average Bonchev–Trinajstić information content (AvgIpc) is 2.68. The highest BCUT2D eigenvalue weighted by molar-refractivity contribution is 6.07. The summed E-state index contributed by atoms with van der Waals surface area (Å²) in [7, 11) is 1.61. The van der Waals surface area contributed by atoms with E-state index in [1.54, 1.807) is 7.05 Å². The van der Waals surface area contributed by atoms with Crippen LogP contribution in [0, 0.1) is 11.6 Å². The fourth-order valence-corrected chi connectivity index (χ4v) is 1.39. The minimum atomic E-state index is -1.13. The third-order valence-corrected chi connectivity index (χ3v) is 2.25. The van der Waals surface area contributed by atoms with Gasteiger partial charge in [0.05, 0.1) is 18.1 Å². The molecule has 0 fully saturated rings. The molecule has 0 atom stereocenters. The molecule has 3 nitrogen and oxygen atoms in total. The summed E-state index contributed by atoms with van der Waals surface area (Å²) < 4.78 is 27.7. The fourth-order valence-electron chi connectivity index (χ4n) is 1.39. The van der Waals surface area contributed by atoms with Crippen LogP contribution in [-0.2, 0) is 7.05 Å². The van der Waals surface area contributed by atoms with Gasteiger partial charge in [-0.3, -0.25) is 4.79 Å². The normalized spacial score (nSPS) is 10.4. The Morgan fingerprint density at radius 2 is 2.12 bits per heavy atom. The number of benzene rings is 1. The first kappa shape index (κ1) is 10.5. The van der Waals surface area contributed by atoms with Crippen LogP contribution < -0.4 is 0 Å². The first-order valence-corrected chi connectivity index (χ1v) is 4.56. The van der Waals surface area contributed by atoms with Gasteiger partial charge in [0.15, 0.2) is 11.6 Å². The monoisotopic (exact) mass is 222 g/mol.